The van der Waals surface area contributed by atoms with Crippen LogP contribution in [0.25, 0.3) is 0 Å². The Morgan fingerprint density at radius 1 is 1.60 bits per heavy atom. The van der Waals surface area contributed by atoms with Crippen molar-refractivity contribution in [2.45, 2.75) is 51.2 Å². The van der Waals surface area contributed by atoms with Crippen LogP contribution in [0.3, 0.4) is 0 Å². The lowest BCUT2D eigenvalue weighted by molar-refractivity contribution is -0.184. The molecule has 1 fully saturated rings. The van der Waals surface area contributed by atoms with Gasteiger partial charge in [0, 0.05) is 5.75 Å². The maximum absolute atomic E-state index is 11.3. The Bertz CT molecular complexity index is 232. The number of aliphatic carboxylic acids is 1. The van der Waals surface area contributed by atoms with Crippen LogP contribution in [0.5, 0.6) is 0 Å². The summed E-state index contributed by atoms with van der Waals surface area (Å²) in [5.74, 6) is 0.813. The molecule has 0 aromatic heterocycles. The highest BCUT2D eigenvalue weighted by atomic mass is 32.2. The second kappa shape index (κ2) is 4.74. The minimum atomic E-state index is -0.956. The molecule has 3 nitrogen and oxygen atoms in total. The van der Waals surface area contributed by atoms with Crippen LogP contribution in [-0.4, -0.2) is 33.8 Å². The topological polar surface area (TPSA) is 46.5 Å². The highest BCUT2D eigenvalue weighted by molar-refractivity contribution is 7.99. The van der Waals surface area contributed by atoms with Gasteiger partial charge in [-0.1, -0.05) is 6.92 Å². The van der Waals surface area contributed by atoms with E-state index in [1.165, 1.54) is 0 Å². The lowest BCUT2D eigenvalue weighted by Crippen LogP contribution is -2.51. The quantitative estimate of drug-likeness (QED) is 0.809. The van der Waals surface area contributed by atoms with Crippen LogP contribution in [0, 0.1) is 0 Å². The van der Waals surface area contributed by atoms with Crippen LogP contribution in [0.15, 0.2) is 0 Å². The number of carboxylic acids is 1. The third-order valence-electron chi connectivity index (χ3n) is 2.92. The summed E-state index contributed by atoms with van der Waals surface area (Å²) < 4.78 is 5.86. The molecule has 0 aromatic carbocycles. The van der Waals surface area contributed by atoms with Crippen molar-refractivity contribution in [1.82, 2.24) is 0 Å². The van der Waals surface area contributed by atoms with E-state index in [0.29, 0.717) is 12.2 Å². The first-order valence-corrected chi connectivity index (χ1v) is 6.59. The highest BCUT2D eigenvalue weighted by Gasteiger charge is 2.44. The molecule has 4 heteroatoms. The van der Waals surface area contributed by atoms with Crippen molar-refractivity contribution < 1.29 is 14.6 Å². The van der Waals surface area contributed by atoms with Gasteiger partial charge in [0.25, 0.3) is 0 Å². The van der Waals surface area contributed by atoms with Gasteiger partial charge in [-0.3, -0.25) is 0 Å². The van der Waals surface area contributed by atoms with Crippen LogP contribution in [-0.2, 0) is 9.53 Å². The number of hydrogen-bond acceptors (Lipinski definition) is 3. The molecule has 1 heterocycles. The summed E-state index contributed by atoms with van der Waals surface area (Å²) in [6, 6.07) is 0. The van der Waals surface area contributed by atoms with E-state index in [0.717, 1.165) is 18.6 Å². The summed E-state index contributed by atoms with van der Waals surface area (Å²) >= 11 is 1.68. The summed E-state index contributed by atoms with van der Waals surface area (Å²) in [5.41, 5.74) is -1.31. The molecule has 0 aromatic rings. The molecule has 0 aliphatic carbocycles. The van der Waals surface area contributed by atoms with Crippen molar-refractivity contribution in [2.24, 2.45) is 0 Å². The van der Waals surface area contributed by atoms with Crippen molar-refractivity contribution in [3.8, 4) is 0 Å². The number of ether oxygens (including phenoxy) is 1. The van der Waals surface area contributed by atoms with E-state index in [9.17, 15) is 9.90 Å². The van der Waals surface area contributed by atoms with Gasteiger partial charge in [0.05, 0.1) is 5.60 Å². The van der Waals surface area contributed by atoms with Crippen molar-refractivity contribution in [3.05, 3.63) is 0 Å². The number of carboxylic acid groups (broad SMARTS) is 1. The number of rotatable bonds is 4. The van der Waals surface area contributed by atoms with Gasteiger partial charge < -0.3 is 9.84 Å². The van der Waals surface area contributed by atoms with Crippen LogP contribution < -0.4 is 0 Å². The number of thioether (sulfide) groups is 1. The zero-order valence-electron chi connectivity index (χ0n) is 9.71. The summed E-state index contributed by atoms with van der Waals surface area (Å²) in [6.07, 6.45) is 2.39. The van der Waals surface area contributed by atoms with Crippen LogP contribution in [0.4, 0.5) is 0 Å². The van der Waals surface area contributed by atoms with Gasteiger partial charge in [0.1, 0.15) is 0 Å². The maximum atomic E-state index is 11.3. The van der Waals surface area contributed by atoms with E-state index in [-0.39, 0.29) is 5.60 Å². The van der Waals surface area contributed by atoms with Crippen molar-refractivity contribution in [3.63, 3.8) is 0 Å². The van der Waals surface area contributed by atoms with Crippen LogP contribution in [0.1, 0.15) is 40.0 Å². The minimum Gasteiger partial charge on any atom is -0.479 e. The first kappa shape index (κ1) is 12.8. The van der Waals surface area contributed by atoms with E-state index in [1.807, 2.05) is 20.8 Å². The number of carbonyl (C=O) groups is 1. The van der Waals surface area contributed by atoms with E-state index < -0.39 is 11.6 Å². The zero-order valence-corrected chi connectivity index (χ0v) is 10.5. The predicted octanol–water partition coefficient (Wildman–Crippen LogP) is 2.54. The zero-order chi connectivity index (χ0) is 11.5. The summed E-state index contributed by atoms with van der Waals surface area (Å²) in [4.78, 5) is 11.3. The molecule has 0 radical (unpaired) electrons. The van der Waals surface area contributed by atoms with Gasteiger partial charge in [0.15, 0.2) is 5.60 Å². The molecule has 1 atom stereocenters. The summed E-state index contributed by atoms with van der Waals surface area (Å²) in [6.45, 7) is 5.93. The summed E-state index contributed by atoms with van der Waals surface area (Å²) in [5, 5.41) is 9.31. The maximum Gasteiger partial charge on any atom is 0.336 e. The third-order valence-corrected chi connectivity index (χ3v) is 4.17. The average molecular weight is 232 g/mol. The lowest BCUT2D eigenvalue weighted by atomic mass is 9.96. The van der Waals surface area contributed by atoms with Crippen LogP contribution >= 0.6 is 11.8 Å². The Morgan fingerprint density at radius 3 is 2.67 bits per heavy atom. The third kappa shape index (κ3) is 3.11. The second-order valence-electron chi connectivity index (χ2n) is 4.67. The van der Waals surface area contributed by atoms with Gasteiger partial charge in [-0.15, -0.1) is 0 Å². The molecule has 0 bridgehead atoms. The molecule has 1 saturated heterocycles. The van der Waals surface area contributed by atoms with E-state index in [1.54, 1.807) is 11.8 Å². The first-order chi connectivity index (χ1) is 6.92. The van der Waals surface area contributed by atoms with E-state index >= 15 is 0 Å². The Morgan fingerprint density at radius 2 is 2.27 bits per heavy atom. The molecule has 0 amide bonds. The Kier molecular flexibility index (Phi) is 4.06. The van der Waals surface area contributed by atoms with E-state index in [2.05, 4.69) is 0 Å². The lowest BCUT2D eigenvalue weighted by Gasteiger charge is -2.39. The fourth-order valence-electron chi connectivity index (χ4n) is 1.66. The smallest absolute Gasteiger partial charge is 0.336 e. The fraction of sp³-hybridized carbons (Fsp3) is 0.909. The Balaban J connectivity index is 2.77. The standard InChI is InChI=1S/C11H20O3S/c1-4-10(2,3)14-11(9(12)13)6-5-7-15-8-11/h4-8H2,1-3H3,(H,12,13). The fourth-order valence-corrected chi connectivity index (χ4v) is 2.81. The molecule has 0 spiro atoms. The molecule has 88 valence electrons. The van der Waals surface area contributed by atoms with Gasteiger partial charge >= 0.3 is 5.97 Å². The highest BCUT2D eigenvalue weighted by Crippen LogP contribution is 2.34. The molecular formula is C11H20O3S. The van der Waals surface area contributed by atoms with Gasteiger partial charge in [-0.25, -0.2) is 4.79 Å². The molecule has 1 aliphatic rings. The molecule has 1 unspecified atom stereocenters. The Hall–Kier alpha value is -0.220. The largest absolute Gasteiger partial charge is 0.479 e. The SMILES string of the molecule is CCC(C)(C)OC1(C(=O)O)CCCSC1. The molecular weight excluding hydrogens is 212 g/mol. The monoisotopic (exact) mass is 232 g/mol. The summed E-state index contributed by atoms with van der Waals surface area (Å²) in [7, 11) is 0. The van der Waals surface area contributed by atoms with Crippen LogP contribution in [0.2, 0.25) is 0 Å². The van der Waals surface area contributed by atoms with Crippen molar-refractivity contribution in [1.29, 1.82) is 0 Å². The average Bonchev–Trinajstić information content (AvgIpc) is 2.18. The second-order valence-corrected chi connectivity index (χ2v) is 5.78. The van der Waals surface area contributed by atoms with E-state index in [4.69, 9.17) is 4.74 Å². The molecule has 1 aliphatic heterocycles. The van der Waals surface area contributed by atoms with Crippen molar-refractivity contribution >= 4 is 17.7 Å². The molecule has 1 rings (SSSR count). The minimum absolute atomic E-state index is 0.351. The van der Waals surface area contributed by atoms with Crippen molar-refractivity contribution in [2.75, 3.05) is 11.5 Å². The molecule has 1 N–H and O–H groups in total. The van der Waals surface area contributed by atoms with Gasteiger partial charge in [-0.05, 0) is 38.9 Å². The van der Waals surface area contributed by atoms with Gasteiger partial charge in [0.2, 0.25) is 0 Å². The Labute approximate surface area is 95.6 Å². The van der Waals surface area contributed by atoms with Gasteiger partial charge in [-0.2, -0.15) is 11.8 Å². The predicted molar refractivity (Wildman–Crippen MR) is 62.4 cm³/mol. The molecule has 0 saturated carbocycles. The first-order valence-electron chi connectivity index (χ1n) is 5.43. The normalized spacial score (nSPS) is 27.7. The number of hydrogen-bond donors (Lipinski definition) is 1. The molecule has 15 heavy (non-hydrogen) atoms.